The molecular formula is C23H28F2N6. The maximum atomic E-state index is 14.7. The molecule has 2 N–H and O–H groups in total. The molecule has 0 spiro atoms. The Morgan fingerprint density at radius 1 is 0.935 bits per heavy atom. The first kappa shape index (κ1) is 21.4. The maximum Gasteiger partial charge on any atom is 0.147 e. The van der Waals surface area contributed by atoms with E-state index in [0.717, 1.165) is 25.0 Å². The summed E-state index contributed by atoms with van der Waals surface area (Å²) in [5.41, 5.74) is 1.01. The number of hydrogen-bond acceptors (Lipinski definition) is 5. The van der Waals surface area contributed by atoms with Crippen LogP contribution in [0.25, 0.3) is 22.4 Å². The van der Waals surface area contributed by atoms with Crippen LogP contribution in [0.1, 0.15) is 40.5 Å². The SMILES string of the molecule is CN(c1cnc(-c2cc(F)c(-c3cn[nH]c3)cc2F)cn1)C1CC(C)(C)NC(C)(C)C1. The van der Waals surface area contributed by atoms with Crippen LogP contribution in [-0.4, -0.2) is 44.3 Å². The van der Waals surface area contributed by atoms with Crippen molar-refractivity contribution in [2.24, 2.45) is 0 Å². The van der Waals surface area contributed by atoms with Crippen LogP contribution >= 0.6 is 0 Å². The van der Waals surface area contributed by atoms with Crippen LogP contribution in [0.15, 0.2) is 36.9 Å². The number of piperidine rings is 1. The molecule has 0 aliphatic carbocycles. The Balaban J connectivity index is 1.58. The monoisotopic (exact) mass is 426 g/mol. The smallest absolute Gasteiger partial charge is 0.147 e. The zero-order valence-corrected chi connectivity index (χ0v) is 18.5. The molecule has 0 amide bonds. The molecule has 3 aromatic rings. The molecule has 0 unspecified atom stereocenters. The van der Waals surface area contributed by atoms with Crippen molar-refractivity contribution >= 4 is 5.82 Å². The molecule has 164 valence electrons. The molecular weight excluding hydrogens is 398 g/mol. The molecule has 3 heterocycles. The van der Waals surface area contributed by atoms with Crippen LogP contribution in [0.2, 0.25) is 0 Å². The van der Waals surface area contributed by atoms with Gasteiger partial charge in [0.15, 0.2) is 0 Å². The lowest BCUT2D eigenvalue weighted by Gasteiger charge is -2.49. The van der Waals surface area contributed by atoms with Gasteiger partial charge in [0.1, 0.15) is 17.5 Å². The molecule has 31 heavy (non-hydrogen) atoms. The zero-order valence-electron chi connectivity index (χ0n) is 18.5. The number of rotatable bonds is 4. The average molecular weight is 427 g/mol. The predicted octanol–water partition coefficient (Wildman–Crippen LogP) is 4.56. The van der Waals surface area contributed by atoms with Gasteiger partial charge in [-0.15, -0.1) is 0 Å². The Bertz CT molecular complexity index is 1040. The number of H-pyrrole nitrogens is 1. The Kier molecular flexibility index (Phi) is 5.29. The molecule has 1 aliphatic heterocycles. The second-order valence-electron chi connectivity index (χ2n) is 9.62. The minimum absolute atomic E-state index is 0.00539. The summed E-state index contributed by atoms with van der Waals surface area (Å²) >= 11 is 0. The molecule has 1 fully saturated rings. The lowest BCUT2D eigenvalue weighted by atomic mass is 9.79. The molecule has 0 atom stereocenters. The van der Waals surface area contributed by atoms with E-state index in [-0.39, 0.29) is 28.2 Å². The maximum absolute atomic E-state index is 14.7. The van der Waals surface area contributed by atoms with Gasteiger partial charge in [0.25, 0.3) is 0 Å². The number of aromatic amines is 1. The highest BCUT2D eigenvalue weighted by molar-refractivity contribution is 5.69. The summed E-state index contributed by atoms with van der Waals surface area (Å²) in [5.74, 6) is -0.395. The van der Waals surface area contributed by atoms with Crippen molar-refractivity contribution in [3.63, 3.8) is 0 Å². The minimum Gasteiger partial charge on any atom is -0.355 e. The third kappa shape index (κ3) is 4.44. The third-order valence-electron chi connectivity index (χ3n) is 5.86. The Morgan fingerprint density at radius 2 is 1.58 bits per heavy atom. The molecule has 6 nitrogen and oxygen atoms in total. The second kappa shape index (κ2) is 7.67. The summed E-state index contributed by atoms with van der Waals surface area (Å²) < 4.78 is 29.4. The number of hydrogen-bond donors (Lipinski definition) is 2. The molecule has 0 radical (unpaired) electrons. The first-order valence-electron chi connectivity index (χ1n) is 10.4. The number of nitrogens with zero attached hydrogens (tertiary/aromatic N) is 4. The van der Waals surface area contributed by atoms with Crippen molar-refractivity contribution in [2.45, 2.75) is 57.7 Å². The largest absolute Gasteiger partial charge is 0.355 e. The lowest BCUT2D eigenvalue weighted by Crippen LogP contribution is -2.62. The number of halogens is 2. The summed E-state index contributed by atoms with van der Waals surface area (Å²) in [6.45, 7) is 8.81. The van der Waals surface area contributed by atoms with E-state index >= 15 is 0 Å². The fraction of sp³-hybridized carbons (Fsp3) is 0.435. The summed E-state index contributed by atoms with van der Waals surface area (Å²) in [4.78, 5) is 11.0. The van der Waals surface area contributed by atoms with Crippen LogP contribution in [0.5, 0.6) is 0 Å². The van der Waals surface area contributed by atoms with Crippen molar-refractivity contribution in [1.82, 2.24) is 25.5 Å². The molecule has 0 saturated carbocycles. The van der Waals surface area contributed by atoms with Gasteiger partial charge >= 0.3 is 0 Å². The van der Waals surface area contributed by atoms with E-state index < -0.39 is 11.6 Å². The molecule has 1 aliphatic rings. The van der Waals surface area contributed by atoms with Gasteiger partial charge in [0.2, 0.25) is 0 Å². The molecule has 1 saturated heterocycles. The summed E-state index contributed by atoms with van der Waals surface area (Å²) in [6.07, 6.45) is 8.02. The highest BCUT2D eigenvalue weighted by Crippen LogP contribution is 2.33. The van der Waals surface area contributed by atoms with Crippen molar-refractivity contribution in [2.75, 3.05) is 11.9 Å². The molecule has 4 rings (SSSR count). The molecule has 1 aromatic carbocycles. The van der Waals surface area contributed by atoms with Gasteiger partial charge in [-0.05, 0) is 52.7 Å². The van der Waals surface area contributed by atoms with Crippen LogP contribution in [0.3, 0.4) is 0 Å². The second-order valence-corrected chi connectivity index (χ2v) is 9.62. The van der Waals surface area contributed by atoms with Crippen LogP contribution in [0, 0.1) is 11.6 Å². The van der Waals surface area contributed by atoms with Crippen LogP contribution < -0.4 is 10.2 Å². The van der Waals surface area contributed by atoms with Gasteiger partial charge in [0.05, 0.1) is 24.3 Å². The number of nitrogens with one attached hydrogen (secondary N) is 2. The fourth-order valence-electron chi connectivity index (χ4n) is 4.73. The van der Waals surface area contributed by atoms with E-state index in [1.54, 1.807) is 6.20 Å². The van der Waals surface area contributed by atoms with Crippen LogP contribution in [-0.2, 0) is 0 Å². The summed E-state index contributed by atoms with van der Waals surface area (Å²) in [7, 11) is 2.01. The van der Waals surface area contributed by atoms with Crippen LogP contribution in [0.4, 0.5) is 14.6 Å². The Hall–Kier alpha value is -2.87. The van der Waals surface area contributed by atoms with Gasteiger partial charge in [-0.2, -0.15) is 5.10 Å². The first-order valence-corrected chi connectivity index (χ1v) is 10.4. The van der Waals surface area contributed by atoms with Gasteiger partial charge in [0, 0.05) is 47.1 Å². The van der Waals surface area contributed by atoms with E-state index in [2.05, 4.69) is 58.1 Å². The van der Waals surface area contributed by atoms with Crippen molar-refractivity contribution in [3.8, 4) is 22.4 Å². The highest BCUT2D eigenvalue weighted by atomic mass is 19.1. The minimum atomic E-state index is -0.560. The standard InChI is InChI=1S/C23H28F2N6/c1-22(2)8-15(9-23(3,4)30-22)31(5)21-13-26-20(12-27-21)17-7-18(24)16(6-19(17)25)14-10-28-29-11-14/h6-7,10-13,15,30H,8-9H2,1-5H3,(H,28,29). The lowest BCUT2D eigenvalue weighted by molar-refractivity contribution is 0.160. The molecule has 8 heteroatoms. The normalized spacial score (nSPS) is 18.2. The van der Waals surface area contributed by atoms with E-state index in [4.69, 9.17) is 0 Å². The number of aromatic nitrogens is 4. The van der Waals surface area contributed by atoms with Gasteiger partial charge in [-0.3, -0.25) is 10.1 Å². The topological polar surface area (TPSA) is 69.7 Å². The van der Waals surface area contributed by atoms with E-state index in [1.807, 2.05) is 7.05 Å². The van der Waals surface area contributed by atoms with E-state index in [9.17, 15) is 8.78 Å². The summed E-state index contributed by atoms with van der Waals surface area (Å²) in [5, 5.41) is 10.1. The fourth-order valence-corrected chi connectivity index (χ4v) is 4.73. The first-order chi connectivity index (χ1) is 14.5. The third-order valence-corrected chi connectivity index (χ3v) is 5.86. The quantitative estimate of drug-likeness (QED) is 0.640. The van der Waals surface area contributed by atoms with Crippen molar-refractivity contribution in [1.29, 1.82) is 0 Å². The Morgan fingerprint density at radius 3 is 2.16 bits per heavy atom. The average Bonchev–Trinajstić information content (AvgIpc) is 3.21. The van der Waals surface area contributed by atoms with Gasteiger partial charge in [-0.1, -0.05) is 0 Å². The predicted molar refractivity (Wildman–Crippen MR) is 118 cm³/mol. The molecule has 0 bridgehead atoms. The zero-order chi connectivity index (χ0) is 22.4. The summed E-state index contributed by atoms with van der Waals surface area (Å²) in [6, 6.07) is 2.61. The van der Waals surface area contributed by atoms with Gasteiger partial charge in [-0.25, -0.2) is 13.8 Å². The van der Waals surface area contributed by atoms with E-state index in [0.29, 0.717) is 17.1 Å². The van der Waals surface area contributed by atoms with Crippen molar-refractivity contribution in [3.05, 3.63) is 48.6 Å². The highest BCUT2D eigenvalue weighted by Gasteiger charge is 2.39. The van der Waals surface area contributed by atoms with Crippen molar-refractivity contribution < 1.29 is 8.78 Å². The molecule has 2 aromatic heterocycles. The number of benzene rings is 1. The Labute approximate surface area is 181 Å². The number of anilines is 1. The van der Waals surface area contributed by atoms with Gasteiger partial charge < -0.3 is 10.2 Å². The van der Waals surface area contributed by atoms with E-state index in [1.165, 1.54) is 18.6 Å².